The molecular weight excluding hydrogens is 434 g/mol. The summed E-state index contributed by atoms with van der Waals surface area (Å²) in [4.78, 5) is 35.4. The lowest BCUT2D eigenvalue weighted by Gasteiger charge is -2.14. The molecule has 0 unspecified atom stereocenters. The number of hydrogen-bond donors (Lipinski definition) is 2. The number of ether oxygens (including phenoxy) is 5. The van der Waals surface area contributed by atoms with Gasteiger partial charge in [0.1, 0.15) is 17.5 Å². The van der Waals surface area contributed by atoms with Crippen molar-refractivity contribution in [2.45, 2.75) is 13.0 Å². The van der Waals surface area contributed by atoms with Gasteiger partial charge in [0.15, 0.2) is 23.9 Å². The van der Waals surface area contributed by atoms with Crippen LogP contribution in [-0.2, 0) is 9.59 Å². The molecule has 0 bridgehead atoms. The number of amides is 1. The van der Waals surface area contributed by atoms with Crippen LogP contribution in [-0.4, -0.2) is 56.7 Å². The summed E-state index contributed by atoms with van der Waals surface area (Å²) in [6, 6.07) is 6.88. The average molecular weight is 457 g/mol. The maximum Gasteiger partial charge on any atom is 0.325 e. The molecule has 174 valence electrons. The number of fused-ring (bicyclic) bond motifs is 1. The van der Waals surface area contributed by atoms with Crippen molar-refractivity contribution in [2.24, 2.45) is 0 Å². The van der Waals surface area contributed by atoms with Crippen LogP contribution in [0.4, 0.5) is 0 Å². The molecule has 10 nitrogen and oxygen atoms in total. The topological polar surface area (TPSA) is 130 Å². The second-order valence-corrected chi connectivity index (χ2v) is 6.94. The number of rotatable bonds is 9. The Hall–Kier alpha value is -4.21. The van der Waals surface area contributed by atoms with Crippen molar-refractivity contribution in [3.05, 3.63) is 47.2 Å². The zero-order valence-corrected chi connectivity index (χ0v) is 18.5. The van der Waals surface area contributed by atoms with Crippen molar-refractivity contribution >= 4 is 23.7 Å². The van der Waals surface area contributed by atoms with E-state index in [0.717, 1.165) is 0 Å². The molecule has 1 heterocycles. The number of carbonyl (C=O) groups excluding carboxylic acids is 2. The highest BCUT2D eigenvalue weighted by molar-refractivity contribution is 6.14. The van der Waals surface area contributed by atoms with Crippen molar-refractivity contribution < 1.29 is 43.2 Å². The zero-order chi connectivity index (χ0) is 24.1. The van der Waals surface area contributed by atoms with Crippen LogP contribution in [0.3, 0.4) is 0 Å². The predicted octanol–water partition coefficient (Wildman–Crippen LogP) is 2.30. The number of benzene rings is 2. The SMILES string of the molecule is COc1ccc(C=C2Oc3cc(OCC(=O)N[C@H](C)C(=O)O)ccc3C2=O)c(OC)c1OC. The Morgan fingerprint density at radius 1 is 1.09 bits per heavy atom. The van der Waals surface area contributed by atoms with E-state index in [-0.39, 0.29) is 23.0 Å². The van der Waals surface area contributed by atoms with E-state index in [9.17, 15) is 14.4 Å². The van der Waals surface area contributed by atoms with Crippen LogP contribution in [0.5, 0.6) is 28.7 Å². The van der Waals surface area contributed by atoms with E-state index >= 15 is 0 Å². The number of hydrogen-bond acceptors (Lipinski definition) is 8. The summed E-state index contributed by atoms with van der Waals surface area (Å²) in [7, 11) is 4.46. The lowest BCUT2D eigenvalue weighted by molar-refractivity contribution is -0.141. The molecule has 2 aromatic rings. The van der Waals surface area contributed by atoms with Crippen molar-refractivity contribution in [3.63, 3.8) is 0 Å². The van der Waals surface area contributed by atoms with Crippen molar-refractivity contribution in [3.8, 4) is 28.7 Å². The second-order valence-electron chi connectivity index (χ2n) is 6.94. The molecular formula is C23H23NO9. The Labute approximate surface area is 189 Å². The molecule has 0 fully saturated rings. The van der Waals surface area contributed by atoms with E-state index in [4.69, 9.17) is 28.8 Å². The van der Waals surface area contributed by atoms with Crippen LogP contribution in [0.1, 0.15) is 22.8 Å². The fourth-order valence-electron chi connectivity index (χ4n) is 3.13. The Morgan fingerprint density at radius 3 is 2.45 bits per heavy atom. The first-order chi connectivity index (χ1) is 15.8. The maximum absolute atomic E-state index is 12.8. The minimum absolute atomic E-state index is 0.0701. The number of Topliss-reactive ketones (excluding diaryl/α,β-unsaturated/α-hetero) is 1. The third-order valence-electron chi connectivity index (χ3n) is 4.78. The molecule has 10 heteroatoms. The van der Waals surface area contributed by atoms with Gasteiger partial charge in [0.25, 0.3) is 5.91 Å². The molecule has 0 spiro atoms. The highest BCUT2D eigenvalue weighted by atomic mass is 16.5. The number of allylic oxidation sites excluding steroid dienone is 1. The molecule has 2 N–H and O–H groups in total. The third kappa shape index (κ3) is 5.00. The molecule has 0 aliphatic carbocycles. The molecule has 0 saturated carbocycles. The van der Waals surface area contributed by atoms with E-state index < -0.39 is 24.5 Å². The third-order valence-corrected chi connectivity index (χ3v) is 4.78. The number of methoxy groups -OCH3 is 3. The zero-order valence-electron chi connectivity index (χ0n) is 18.5. The quantitative estimate of drug-likeness (QED) is 0.545. The van der Waals surface area contributed by atoms with Crippen LogP contribution in [0.25, 0.3) is 6.08 Å². The Balaban J connectivity index is 1.78. The van der Waals surface area contributed by atoms with Gasteiger partial charge in [-0.25, -0.2) is 0 Å². The molecule has 1 aliphatic rings. The molecule has 0 aromatic heterocycles. The summed E-state index contributed by atoms with van der Waals surface area (Å²) in [5, 5.41) is 11.1. The molecule has 1 atom stereocenters. The van der Waals surface area contributed by atoms with E-state index in [0.29, 0.717) is 28.4 Å². The molecule has 1 amide bonds. The van der Waals surface area contributed by atoms with Gasteiger partial charge in [0.05, 0.1) is 26.9 Å². The summed E-state index contributed by atoms with van der Waals surface area (Å²) >= 11 is 0. The first-order valence-corrected chi connectivity index (χ1v) is 9.81. The lowest BCUT2D eigenvalue weighted by atomic mass is 10.1. The van der Waals surface area contributed by atoms with Crippen LogP contribution in [0.2, 0.25) is 0 Å². The molecule has 0 radical (unpaired) electrons. The lowest BCUT2D eigenvalue weighted by Crippen LogP contribution is -2.40. The van der Waals surface area contributed by atoms with Gasteiger partial charge in [0, 0.05) is 11.6 Å². The minimum Gasteiger partial charge on any atom is -0.493 e. The monoisotopic (exact) mass is 457 g/mol. The number of ketones is 1. The predicted molar refractivity (Wildman–Crippen MR) is 116 cm³/mol. The Bertz CT molecular complexity index is 1120. The van der Waals surface area contributed by atoms with Crippen LogP contribution in [0.15, 0.2) is 36.1 Å². The van der Waals surface area contributed by atoms with Crippen LogP contribution < -0.4 is 29.0 Å². The summed E-state index contributed by atoms with van der Waals surface area (Å²) < 4.78 is 27.2. The number of carbonyl (C=O) groups is 3. The number of carboxylic acids is 1. The Morgan fingerprint density at radius 2 is 1.82 bits per heavy atom. The summed E-state index contributed by atoms with van der Waals surface area (Å²) in [6.07, 6.45) is 1.53. The minimum atomic E-state index is -1.15. The highest BCUT2D eigenvalue weighted by Crippen LogP contribution is 2.42. The molecule has 2 aromatic carbocycles. The maximum atomic E-state index is 12.8. The van der Waals surface area contributed by atoms with Crippen molar-refractivity contribution in [1.82, 2.24) is 5.32 Å². The molecule has 33 heavy (non-hydrogen) atoms. The standard InChI is InChI=1S/C23H23NO9/c1-12(23(27)28)24-19(25)11-32-14-6-7-15-17(10-14)33-18(20(15)26)9-13-5-8-16(29-2)22(31-4)21(13)30-3/h5-10,12H,11H2,1-4H3,(H,24,25)(H,27,28)/t12-/m1/s1. The highest BCUT2D eigenvalue weighted by Gasteiger charge is 2.29. The van der Waals surface area contributed by atoms with E-state index in [1.807, 2.05) is 0 Å². The molecule has 3 rings (SSSR count). The van der Waals surface area contributed by atoms with Crippen LogP contribution in [0, 0.1) is 0 Å². The summed E-state index contributed by atoms with van der Waals surface area (Å²) in [5.41, 5.74) is 0.879. The number of nitrogens with one attached hydrogen (secondary N) is 1. The van der Waals surface area contributed by atoms with Gasteiger partial charge < -0.3 is 34.1 Å². The fraction of sp³-hybridized carbons (Fsp3) is 0.261. The first-order valence-electron chi connectivity index (χ1n) is 9.81. The first kappa shape index (κ1) is 23.5. The number of aliphatic carboxylic acids is 1. The number of carboxylic acid groups (broad SMARTS) is 1. The van der Waals surface area contributed by atoms with Crippen LogP contribution >= 0.6 is 0 Å². The van der Waals surface area contributed by atoms with E-state index in [1.54, 1.807) is 12.1 Å². The van der Waals surface area contributed by atoms with Gasteiger partial charge in [0.2, 0.25) is 11.5 Å². The average Bonchev–Trinajstić information content (AvgIpc) is 3.11. The van der Waals surface area contributed by atoms with Gasteiger partial charge in [-0.2, -0.15) is 0 Å². The van der Waals surface area contributed by atoms with Gasteiger partial charge in [-0.3, -0.25) is 14.4 Å². The van der Waals surface area contributed by atoms with E-state index in [1.165, 1.54) is 52.5 Å². The largest absolute Gasteiger partial charge is 0.493 e. The van der Waals surface area contributed by atoms with Gasteiger partial charge in [-0.1, -0.05) is 0 Å². The Kier molecular flexibility index (Phi) is 7.07. The van der Waals surface area contributed by atoms with Gasteiger partial charge >= 0.3 is 5.97 Å². The smallest absolute Gasteiger partial charge is 0.325 e. The van der Waals surface area contributed by atoms with Gasteiger partial charge in [-0.15, -0.1) is 0 Å². The summed E-state index contributed by atoms with van der Waals surface area (Å²) in [5.74, 6) is -0.233. The van der Waals surface area contributed by atoms with Gasteiger partial charge in [-0.05, 0) is 37.3 Å². The summed E-state index contributed by atoms with van der Waals surface area (Å²) in [6.45, 7) is 0.951. The normalized spacial score (nSPS) is 14.2. The van der Waals surface area contributed by atoms with Crippen molar-refractivity contribution in [1.29, 1.82) is 0 Å². The van der Waals surface area contributed by atoms with Crippen molar-refractivity contribution in [2.75, 3.05) is 27.9 Å². The fourth-order valence-corrected chi connectivity index (χ4v) is 3.13. The molecule has 1 aliphatic heterocycles. The second kappa shape index (κ2) is 9.94. The van der Waals surface area contributed by atoms with E-state index in [2.05, 4.69) is 5.32 Å². The molecule has 0 saturated heterocycles.